The minimum atomic E-state index is -2.44. The molecule has 0 saturated carbocycles. The molecule has 3 rings (SSSR count). The summed E-state index contributed by atoms with van der Waals surface area (Å²) in [5, 5.41) is 3.33. The van der Waals surface area contributed by atoms with Crippen molar-refractivity contribution in [3.05, 3.63) is 53.1 Å². The number of anilines is 1. The Morgan fingerprint density at radius 3 is 2.29 bits per heavy atom. The molecule has 0 unspecified atom stereocenters. The first kappa shape index (κ1) is 17.2. The van der Waals surface area contributed by atoms with Gasteiger partial charge in [-0.05, 0) is 49.2 Å². The minimum Gasteiger partial charge on any atom is -0.368 e. The third-order valence-corrected chi connectivity index (χ3v) is 5.13. The van der Waals surface area contributed by atoms with Gasteiger partial charge in [-0.3, -0.25) is 0 Å². The van der Waals surface area contributed by atoms with Gasteiger partial charge in [0.1, 0.15) is 0 Å². The number of halogens is 2. The maximum Gasteiger partial charge on any atom is 0.263 e. The van der Waals surface area contributed by atoms with Crippen molar-refractivity contribution in [2.75, 3.05) is 31.1 Å². The number of alkyl halides is 2. The van der Waals surface area contributed by atoms with Gasteiger partial charge < -0.3 is 10.2 Å². The lowest BCUT2D eigenvalue weighted by Gasteiger charge is -2.31. The van der Waals surface area contributed by atoms with Gasteiger partial charge in [0, 0.05) is 41.5 Å². The lowest BCUT2D eigenvalue weighted by Crippen LogP contribution is -2.43. The van der Waals surface area contributed by atoms with Crippen molar-refractivity contribution >= 4 is 17.4 Å². The molecule has 1 heterocycles. The molecule has 0 atom stereocenters. The third-order valence-electron chi connectivity index (χ3n) is 4.12. The predicted molar refractivity (Wildman–Crippen MR) is 96.5 cm³/mol. The summed E-state index contributed by atoms with van der Waals surface area (Å²) in [4.78, 5) is 4.27. The largest absolute Gasteiger partial charge is 0.368 e. The quantitative estimate of drug-likeness (QED) is 0.854. The maximum atomic E-state index is 13.2. The standard InChI is InChI=1S/C19H22F2N2S/c1-13-9-14(2)11-16(10-13)24-18-12-15(19(20)21)3-4-17(18)23-7-5-22-6-8-23/h3-4,9-12,19,22H,5-8H2,1-2H3. The van der Waals surface area contributed by atoms with E-state index in [-0.39, 0.29) is 5.56 Å². The highest BCUT2D eigenvalue weighted by molar-refractivity contribution is 7.99. The molecule has 0 spiro atoms. The van der Waals surface area contributed by atoms with E-state index in [9.17, 15) is 8.78 Å². The van der Waals surface area contributed by atoms with Crippen molar-refractivity contribution < 1.29 is 8.78 Å². The van der Waals surface area contributed by atoms with E-state index in [0.717, 1.165) is 41.7 Å². The van der Waals surface area contributed by atoms with E-state index in [4.69, 9.17) is 0 Å². The number of aryl methyl sites for hydroxylation is 2. The highest BCUT2D eigenvalue weighted by Gasteiger charge is 2.18. The Labute approximate surface area is 146 Å². The average Bonchev–Trinajstić information content (AvgIpc) is 2.54. The Hall–Kier alpha value is -1.59. The van der Waals surface area contributed by atoms with Crippen molar-refractivity contribution in [2.24, 2.45) is 0 Å². The monoisotopic (exact) mass is 348 g/mol. The Bertz CT molecular complexity index is 692. The van der Waals surface area contributed by atoms with E-state index in [2.05, 4.69) is 42.3 Å². The molecule has 1 fully saturated rings. The van der Waals surface area contributed by atoms with Gasteiger partial charge in [0.2, 0.25) is 0 Å². The molecule has 0 bridgehead atoms. The molecule has 0 aromatic heterocycles. The van der Waals surface area contributed by atoms with E-state index in [1.54, 1.807) is 23.9 Å². The molecule has 0 amide bonds. The fraction of sp³-hybridized carbons (Fsp3) is 0.368. The van der Waals surface area contributed by atoms with Gasteiger partial charge in [0.15, 0.2) is 0 Å². The number of nitrogens with zero attached hydrogens (tertiary/aromatic N) is 1. The first-order valence-corrected chi connectivity index (χ1v) is 8.98. The summed E-state index contributed by atoms with van der Waals surface area (Å²) in [6.45, 7) is 7.76. The summed E-state index contributed by atoms with van der Waals surface area (Å²) in [6, 6.07) is 11.4. The summed E-state index contributed by atoms with van der Waals surface area (Å²) in [5.41, 5.74) is 3.50. The van der Waals surface area contributed by atoms with Crippen molar-refractivity contribution in [1.82, 2.24) is 5.32 Å². The molecule has 1 aliphatic heterocycles. The molecule has 1 saturated heterocycles. The maximum absolute atomic E-state index is 13.2. The van der Waals surface area contributed by atoms with Gasteiger partial charge in [-0.2, -0.15) is 0 Å². The zero-order valence-corrected chi connectivity index (χ0v) is 14.8. The van der Waals surface area contributed by atoms with Crippen molar-refractivity contribution in [2.45, 2.75) is 30.1 Å². The molecular formula is C19H22F2N2S. The van der Waals surface area contributed by atoms with E-state index < -0.39 is 6.43 Å². The molecule has 2 aromatic rings. The Kier molecular flexibility index (Phi) is 5.41. The zero-order chi connectivity index (χ0) is 17.1. The topological polar surface area (TPSA) is 15.3 Å². The number of hydrogen-bond acceptors (Lipinski definition) is 3. The smallest absolute Gasteiger partial charge is 0.263 e. The Morgan fingerprint density at radius 2 is 1.67 bits per heavy atom. The number of nitrogens with one attached hydrogen (secondary N) is 1. The van der Waals surface area contributed by atoms with Crippen LogP contribution in [-0.4, -0.2) is 26.2 Å². The van der Waals surface area contributed by atoms with Gasteiger partial charge in [0.05, 0.1) is 5.69 Å². The zero-order valence-electron chi connectivity index (χ0n) is 14.0. The third kappa shape index (κ3) is 4.08. The highest BCUT2D eigenvalue weighted by atomic mass is 32.2. The molecule has 128 valence electrons. The van der Waals surface area contributed by atoms with Crippen LogP contribution in [0.1, 0.15) is 23.1 Å². The fourth-order valence-electron chi connectivity index (χ4n) is 3.03. The number of hydrogen-bond donors (Lipinski definition) is 1. The van der Waals surface area contributed by atoms with Gasteiger partial charge in [0.25, 0.3) is 6.43 Å². The van der Waals surface area contributed by atoms with Crippen LogP contribution in [0.3, 0.4) is 0 Å². The van der Waals surface area contributed by atoms with Gasteiger partial charge >= 0.3 is 0 Å². The van der Waals surface area contributed by atoms with E-state index >= 15 is 0 Å². The van der Waals surface area contributed by atoms with Crippen LogP contribution < -0.4 is 10.2 Å². The average molecular weight is 348 g/mol. The van der Waals surface area contributed by atoms with Crippen LogP contribution in [0.2, 0.25) is 0 Å². The minimum absolute atomic E-state index is 0.0840. The second kappa shape index (κ2) is 7.53. The van der Waals surface area contributed by atoms with Gasteiger partial charge in [-0.25, -0.2) is 8.78 Å². The molecule has 1 aliphatic rings. The summed E-state index contributed by atoms with van der Waals surface area (Å²) in [6.07, 6.45) is -2.44. The second-order valence-corrected chi connectivity index (χ2v) is 7.31. The first-order valence-electron chi connectivity index (χ1n) is 8.17. The van der Waals surface area contributed by atoms with Crippen LogP contribution in [0, 0.1) is 13.8 Å². The first-order chi connectivity index (χ1) is 11.5. The van der Waals surface area contributed by atoms with E-state index in [1.165, 1.54) is 11.1 Å². The second-order valence-electron chi connectivity index (χ2n) is 6.19. The molecule has 0 radical (unpaired) electrons. The van der Waals surface area contributed by atoms with Crippen LogP contribution in [0.4, 0.5) is 14.5 Å². The van der Waals surface area contributed by atoms with Crippen LogP contribution in [0.15, 0.2) is 46.2 Å². The summed E-state index contributed by atoms with van der Waals surface area (Å²) >= 11 is 1.57. The summed E-state index contributed by atoms with van der Waals surface area (Å²) in [7, 11) is 0. The molecule has 0 aliphatic carbocycles. The number of benzene rings is 2. The van der Waals surface area contributed by atoms with Crippen LogP contribution >= 0.6 is 11.8 Å². The lowest BCUT2D eigenvalue weighted by molar-refractivity contribution is 0.151. The Balaban J connectivity index is 1.97. The van der Waals surface area contributed by atoms with Gasteiger partial charge in [-0.1, -0.05) is 23.9 Å². The fourth-order valence-corrected chi connectivity index (χ4v) is 4.27. The number of rotatable bonds is 4. The molecule has 2 aromatic carbocycles. The predicted octanol–water partition coefficient (Wildman–Crippen LogP) is 4.80. The lowest BCUT2D eigenvalue weighted by atomic mass is 10.2. The molecule has 1 N–H and O–H groups in total. The SMILES string of the molecule is Cc1cc(C)cc(Sc2cc(C(F)F)ccc2N2CCNCC2)c1. The number of piperazine rings is 1. The normalized spacial score (nSPS) is 15.1. The van der Waals surface area contributed by atoms with Crippen molar-refractivity contribution in [1.29, 1.82) is 0 Å². The highest BCUT2D eigenvalue weighted by Crippen LogP contribution is 2.38. The summed E-state index contributed by atoms with van der Waals surface area (Å²) < 4.78 is 26.3. The van der Waals surface area contributed by atoms with Crippen molar-refractivity contribution in [3.8, 4) is 0 Å². The molecular weight excluding hydrogens is 326 g/mol. The van der Waals surface area contributed by atoms with E-state index in [1.807, 2.05) is 6.07 Å². The van der Waals surface area contributed by atoms with Crippen LogP contribution in [0.25, 0.3) is 0 Å². The van der Waals surface area contributed by atoms with Crippen LogP contribution in [0.5, 0.6) is 0 Å². The summed E-state index contributed by atoms with van der Waals surface area (Å²) in [5.74, 6) is 0. The molecule has 2 nitrogen and oxygen atoms in total. The Morgan fingerprint density at radius 1 is 1.00 bits per heavy atom. The van der Waals surface area contributed by atoms with Crippen molar-refractivity contribution in [3.63, 3.8) is 0 Å². The molecule has 24 heavy (non-hydrogen) atoms. The van der Waals surface area contributed by atoms with Gasteiger partial charge in [-0.15, -0.1) is 0 Å². The molecule has 5 heteroatoms. The van der Waals surface area contributed by atoms with E-state index in [0.29, 0.717) is 0 Å². The van der Waals surface area contributed by atoms with Crippen LogP contribution in [-0.2, 0) is 0 Å².